The molecule has 0 saturated heterocycles. The molecule has 0 radical (unpaired) electrons. The zero-order valence-corrected chi connectivity index (χ0v) is 9.64. The van der Waals surface area contributed by atoms with E-state index in [1.165, 1.54) is 25.7 Å². The Labute approximate surface area is 83.4 Å². The van der Waals surface area contributed by atoms with Crippen molar-refractivity contribution in [3.63, 3.8) is 0 Å². The molecule has 0 aromatic carbocycles. The van der Waals surface area contributed by atoms with Gasteiger partial charge in [0.2, 0.25) is 0 Å². The minimum absolute atomic E-state index is 0.486. The quantitative estimate of drug-likeness (QED) is 0.552. The van der Waals surface area contributed by atoms with E-state index in [1.54, 1.807) is 0 Å². The molecule has 2 unspecified atom stereocenters. The third-order valence-electron chi connectivity index (χ3n) is 3.07. The van der Waals surface area contributed by atoms with Gasteiger partial charge in [0.05, 0.1) is 0 Å². The van der Waals surface area contributed by atoms with Crippen molar-refractivity contribution >= 4 is 0 Å². The lowest BCUT2D eigenvalue weighted by molar-refractivity contribution is 0.241. The Bertz CT molecular complexity index is 171. The largest absolute Gasteiger partial charge is 0.0882 e. The van der Waals surface area contributed by atoms with E-state index in [9.17, 15) is 0 Å². The Hall–Kier alpha value is -0.260. The van der Waals surface area contributed by atoms with Crippen molar-refractivity contribution in [2.24, 2.45) is 17.3 Å². The van der Waals surface area contributed by atoms with Crippen LogP contribution in [0, 0.1) is 17.3 Å². The van der Waals surface area contributed by atoms with Crippen LogP contribution >= 0.6 is 0 Å². The second-order valence-electron chi connectivity index (χ2n) is 5.60. The highest BCUT2D eigenvalue weighted by Gasteiger charge is 2.24. The summed E-state index contributed by atoms with van der Waals surface area (Å²) in [6, 6.07) is 0. The average molecular weight is 180 g/mol. The highest BCUT2D eigenvalue weighted by atomic mass is 14.3. The van der Waals surface area contributed by atoms with Crippen molar-refractivity contribution in [3.8, 4) is 0 Å². The summed E-state index contributed by atoms with van der Waals surface area (Å²) < 4.78 is 0. The van der Waals surface area contributed by atoms with Crippen molar-refractivity contribution in [3.05, 3.63) is 12.2 Å². The summed E-state index contributed by atoms with van der Waals surface area (Å²) in [4.78, 5) is 0. The molecule has 1 aliphatic rings. The Kier molecular flexibility index (Phi) is 3.58. The van der Waals surface area contributed by atoms with Crippen LogP contribution in [0.25, 0.3) is 0 Å². The van der Waals surface area contributed by atoms with Crippen molar-refractivity contribution in [1.29, 1.82) is 0 Å². The molecule has 0 aromatic heterocycles. The molecule has 0 amide bonds. The predicted octanol–water partition coefficient (Wildman–Crippen LogP) is 4.42. The van der Waals surface area contributed by atoms with Crippen LogP contribution in [-0.2, 0) is 0 Å². The van der Waals surface area contributed by atoms with Gasteiger partial charge < -0.3 is 0 Å². The van der Waals surface area contributed by atoms with E-state index >= 15 is 0 Å². The molecular formula is C13H24. The maximum absolute atomic E-state index is 2.46. The van der Waals surface area contributed by atoms with E-state index in [0.29, 0.717) is 5.41 Å². The van der Waals surface area contributed by atoms with Crippen LogP contribution in [0.15, 0.2) is 12.2 Å². The number of hydrogen-bond acceptors (Lipinski definition) is 0. The van der Waals surface area contributed by atoms with Crippen LogP contribution in [0.3, 0.4) is 0 Å². The Morgan fingerprint density at radius 1 is 1.31 bits per heavy atom. The SMILES string of the molecule is CCC1CCC=CC1CC(C)(C)C. The fraction of sp³-hybridized carbons (Fsp3) is 0.846. The summed E-state index contributed by atoms with van der Waals surface area (Å²) in [6.45, 7) is 9.38. The van der Waals surface area contributed by atoms with Gasteiger partial charge in [0.1, 0.15) is 0 Å². The maximum Gasteiger partial charge on any atom is -0.0200 e. The number of allylic oxidation sites excluding steroid dienone is 2. The summed E-state index contributed by atoms with van der Waals surface area (Å²) in [5.74, 6) is 1.79. The lowest BCUT2D eigenvalue weighted by Gasteiger charge is -2.32. The minimum Gasteiger partial charge on any atom is -0.0882 e. The third-order valence-corrected chi connectivity index (χ3v) is 3.07. The van der Waals surface area contributed by atoms with Crippen LogP contribution < -0.4 is 0 Å². The fourth-order valence-electron chi connectivity index (χ4n) is 2.40. The summed E-state index contributed by atoms with van der Waals surface area (Å²) in [5, 5.41) is 0. The molecule has 2 atom stereocenters. The van der Waals surface area contributed by atoms with Gasteiger partial charge in [-0.15, -0.1) is 0 Å². The molecule has 0 aromatic rings. The lowest BCUT2D eigenvalue weighted by Crippen LogP contribution is -2.21. The van der Waals surface area contributed by atoms with Gasteiger partial charge in [-0.3, -0.25) is 0 Å². The summed E-state index contributed by atoms with van der Waals surface area (Å²) in [5.41, 5.74) is 0.486. The number of rotatable bonds is 2. The van der Waals surface area contributed by atoms with Gasteiger partial charge in [-0.25, -0.2) is 0 Å². The van der Waals surface area contributed by atoms with Gasteiger partial charge in [0.25, 0.3) is 0 Å². The molecule has 0 fully saturated rings. The second-order valence-corrected chi connectivity index (χ2v) is 5.60. The van der Waals surface area contributed by atoms with E-state index in [4.69, 9.17) is 0 Å². The summed E-state index contributed by atoms with van der Waals surface area (Å²) in [7, 11) is 0. The molecule has 76 valence electrons. The van der Waals surface area contributed by atoms with Crippen molar-refractivity contribution < 1.29 is 0 Å². The standard InChI is InChI=1S/C13H24/c1-5-11-8-6-7-9-12(11)10-13(2,3)4/h7,9,11-12H,5-6,8,10H2,1-4H3. The fourth-order valence-corrected chi connectivity index (χ4v) is 2.40. The van der Waals surface area contributed by atoms with Crippen LogP contribution in [0.2, 0.25) is 0 Å². The zero-order valence-electron chi connectivity index (χ0n) is 9.64. The average Bonchev–Trinajstić information content (AvgIpc) is 2.02. The zero-order chi connectivity index (χ0) is 9.90. The monoisotopic (exact) mass is 180 g/mol. The van der Waals surface area contributed by atoms with E-state index in [1.807, 2.05) is 0 Å². The van der Waals surface area contributed by atoms with Crippen LogP contribution in [0.5, 0.6) is 0 Å². The van der Waals surface area contributed by atoms with Gasteiger partial charge in [0, 0.05) is 0 Å². The first-order valence-electron chi connectivity index (χ1n) is 5.69. The molecule has 0 saturated carbocycles. The first kappa shape index (κ1) is 10.8. The molecule has 0 spiro atoms. The molecule has 1 aliphatic carbocycles. The van der Waals surface area contributed by atoms with E-state index in [0.717, 1.165) is 11.8 Å². The smallest absolute Gasteiger partial charge is 0.0200 e. The molecular weight excluding hydrogens is 156 g/mol. The van der Waals surface area contributed by atoms with E-state index in [-0.39, 0.29) is 0 Å². The van der Waals surface area contributed by atoms with Crippen molar-refractivity contribution in [1.82, 2.24) is 0 Å². The molecule has 13 heavy (non-hydrogen) atoms. The van der Waals surface area contributed by atoms with Gasteiger partial charge in [-0.2, -0.15) is 0 Å². The second kappa shape index (κ2) is 4.30. The highest BCUT2D eigenvalue weighted by Crippen LogP contribution is 2.35. The van der Waals surface area contributed by atoms with Crippen LogP contribution in [0.4, 0.5) is 0 Å². The molecule has 0 heteroatoms. The normalized spacial score (nSPS) is 29.2. The van der Waals surface area contributed by atoms with E-state index in [2.05, 4.69) is 39.8 Å². The van der Waals surface area contributed by atoms with Crippen LogP contribution in [-0.4, -0.2) is 0 Å². The first-order valence-corrected chi connectivity index (χ1v) is 5.69. The van der Waals surface area contributed by atoms with Crippen LogP contribution in [0.1, 0.15) is 53.4 Å². The Balaban J connectivity index is 2.55. The predicted molar refractivity (Wildman–Crippen MR) is 59.7 cm³/mol. The molecule has 1 rings (SSSR count). The molecule has 0 bridgehead atoms. The summed E-state index contributed by atoms with van der Waals surface area (Å²) >= 11 is 0. The molecule has 0 N–H and O–H groups in total. The van der Waals surface area contributed by atoms with Gasteiger partial charge in [-0.1, -0.05) is 46.3 Å². The molecule has 0 nitrogen and oxygen atoms in total. The van der Waals surface area contributed by atoms with Gasteiger partial charge >= 0.3 is 0 Å². The first-order chi connectivity index (χ1) is 6.03. The van der Waals surface area contributed by atoms with Crippen molar-refractivity contribution in [2.45, 2.75) is 53.4 Å². The molecule has 0 heterocycles. The Morgan fingerprint density at radius 3 is 2.54 bits per heavy atom. The third kappa shape index (κ3) is 3.54. The molecule has 0 aliphatic heterocycles. The van der Waals surface area contributed by atoms with E-state index < -0.39 is 0 Å². The minimum atomic E-state index is 0.486. The maximum atomic E-state index is 2.46. The topological polar surface area (TPSA) is 0 Å². The summed E-state index contributed by atoms with van der Waals surface area (Å²) in [6.07, 6.45) is 10.3. The van der Waals surface area contributed by atoms with Gasteiger partial charge in [0.15, 0.2) is 0 Å². The highest BCUT2D eigenvalue weighted by molar-refractivity contribution is 4.97. The lowest BCUT2D eigenvalue weighted by atomic mass is 9.74. The van der Waals surface area contributed by atoms with Crippen molar-refractivity contribution in [2.75, 3.05) is 0 Å². The van der Waals surface area contributed by atoms with Gasteiger partial charge in [-0.05, 0) is 36.5 Å². The number of hydrogen-bond donors (Lipinski definition) is 0. The Morgan fingerprint density at radius 2 is 2.00 bits per heavy atom.